The van der Waals surface area contributed by atoms with Crippen LogP contribution in [0.2, 0.25) is 0 Å². The minimum atomic E-state index is -0.252. The van der Waals surface area contributed by atoms with Crippen molar-refractivity contribution in [3.8, 4) is 0 Å². The summed E-state index contributed by atoms with van der Waals surface area (Å²) in [7, 11) is 0. The fourth-order valence-corrected chi connectivity index (χ4v) is 2.63. The monoisotopic (exact) mass is 230 g/mol. The number of alkyl halides is 1. The van der Waals surface area contributed by atoms with Crippen molar-refractivity contribution in [2.45, 2.75) is 33.7 Å². The van der Waals surface area contributed by atoms with Crippen molar-refractivity contribution < 1.29 is 4.39 Å². The van der Waals surface area contributed by atoms with E-state index >= 15 is 0 Å². The number of aryl methyl sites for hydroxylation is 1. The van der Waals surface area contributed by atoms with Gasteiger partial charge >= 0.3 is 0 Å². The summed E-state index contributed by atoms with van der Waals surface area (Å²) in [5, 5.41) is 1.13. The summed E-state index contributed by atoms with van der Waals surface area (Å²) in [4.78, 5) is 7.96. The average molecular weight is 230 g/mol. The number of hydrogen-bond acceptors (Lipinski definition) is 3. The number of thiazole rings is 1. The Balaban J connectivity index is 0.000000531. The average Bonchev–Trinajstić information content (AvgIpc) is 2.61. The maximum absolute atomic E-state index is 12.1. The molecule has 0 amide bonds. The zero-order chi connectivity index (χ0) is 11.3. The highest BCUT2D eigenvalue weighted by Gasteiger charge is 2.18. The number of aromatic nitrogens is 1. The fourth-order valence-electron chi connectivity index (χ4n) is 1.69. The Morgan fingerprint density at radius 1 is 1.47 bits per heavy atom. The van der Waals surface area contributed by atoms with Crippen molar-refractivity contribution >= 4 is 11.3 Å². The van der Waals surface area contributed by atoms with Crippen molar-refractivity contribution in [1.29, 1.82) is 0 Å². The predicted molar refractivity (Wildman–Crippen MR) is 63.2 cm³/mol. The molecule has 0 fully saturated rings. The van der Waals surface area contributed by atoms with E-state index in [0.29, 0.717) is 6.54 Å². The Hall–Kier alpha value is -0.480. The summed E-state index contributed by atoms with van der Waals surface area (Å²) in [5.41, 5.74) is 1.17. The van der Waals surface area contributed by atoms with Gasteiger partial charge < -0.3 is 0 Å². The van der Waals surface area contributed by atoms with Crippen LogP contribution in [0.25, 0.3) is 0 Å². The number of hydrogen-bond donors (Lipinski definition) is 0. The van der Waals surface area contributed by atoms with Crippen LogP contribution in [0, 0.1) is 6.92 Å². The summed E-state index contributed by atoms with van der Waals surface area (Å²) in [6.45, 7) is 8.15. The molecule has 0 aromatic carbocycles. The molecule has 2 nitrogen and oxygen atoms in total. The summed E-state index contributed by atoms with van der Waals surface area (Å²) in [5.74, 6) is 0. The third kappa shape index (κ3) is 3.24. The molecule has 0 saturated carbocycles. The first-order chi connectivity index (χ1) is 7.29. The van der Waals surface area contributed by atoms with E-state index in [1.807, 2.05) is 20.8 Å². The Bertz CT molecular complexity index is 299. The van der Waals surface area contributed by atoms with Crippen molar-refractivity contribution in [2.24, 2.45) is 0 Å². The number of halogens is 1. The molecule has 0 N–H and O–H groups in total. The summed E-state index contributed by atoms with van der Waals surface area (Å²) in [6.07, 6.45) is 1.04. The lowest BCUT2D eigenvalue weighted by Crippen LogP contribution is -2.31. The van der Waals surface area contributed by atoms with E-state index in [0.717, 1.165) is 24.5 Å². The van der Waals surface area contributed by atoms with Crippen LogP contribution in [-0.2, 0) is 13.0 Å². The summed E-state index contributed by atoms with van der Waals surface area (Å²) in [6, 6.07) is 0. The van der Waals surface area contributed by atoms with Gasteiger partial charge in [0.25, 0.3) is 0 Å². The minimum Gasteiger partial charge on any atom is -0.295 e. The molecule has 0 spiro atoms. The number of nitrogens with zero attached hydrogens (tertiary/aromatic N) is 2. The molecule has 1 aromatic heterocycles. The quantitative estimate of drug-likeness (QED) is 0.776. The molecule has 0 saturated heterocycles. The van der Waals surface area contributed by atoms with Gasteiger partial charge in [-0.3, -0.25) is 4.90 Å². The molecule has 86 valence electrons. The molecule has 0 aliphatic carbocycles. The van der Waals surface area contributed by atoms with Gasteiger partial charge in [-0.2, -0.15) is 0 Å². The van der Waals surface area contributed by atoms with Crippen LogP contribution in [0.5, 0.6) is 0 Å². The van der Waals surface area contributed by atoms with Gasteiger partial charge in [0.15, 0.2) is 0 Å². The topological polar surface area (TPSA) is 16.1 Å². The molecule has 15 heavy (non-hydrogen) atoms. The van der Waals surface area contributed by atoms with Crippen LogP contribution in [0.15, 0.2) is 0 Å². The van der Waals surface area contributed by atoms with Crippen molar-refractivity contribution in [2.75, 3.05) is 19.8 Å². The molecule has 2 heterocycles. The fraction of sp³-hybridized carbons (Fsp3) is 0.727. The first kappa shape index (κ1) is 12.6. The predicted octanol–water partition coefficient (Wildman–Crippen LogP) is 2.81. The van der Waals surface area contributed by atoms with Crippen LogP contribution in [0.4, 0.5) is 4.39 Å². The highest BCUT2D eigenvalue weighted by atomic mass is 32.1. The Labute approximate surface area is 95.1 Å². The molecular formula is C11H19FN2S. The van der Waals surface area contributed by atoms with E-state index < -0.39 is 0 Å². The summed E-state index contributed by atoms with van der Waals surface area (Å²) >= 11 is 1.78. The lowest BCUT2D eigenvalue weighted by atomic mass is 10.2. The van der Waals surface area contributed by atoms with Crippen LogP contribution in [-0.4, -0.2) is 29.6 Å². The van der Waals surface area contributed by atoms with Gasteiger partial charge in [-0.05, 0) is 13.3 Å². The third-order valence-corrected chi connectivity index (χ3v) is 3.39. The molecule has 0 atom stereocenters. The molecule has 0 unspecified atom stereocenters. The summed E-state index contributed by atoms with van der Waals surface area (Å²) < 4.78 is 12.1. The van der Waals surface area contributed by atoms with Crippen molar-refractivity contribution in [1.82, 2.24) is 9.88 Å². The van der Waals surface area contributed by atoms with E-state index in [2.05, 4.69) is 9.88 Å². The molecule has 1 aromatic rings. The third-order valence-electron chi connectivity index (χ3n) is 2.31. The first-order valence-corrected chi connectivity index (χ1v) is 6.35. The van der Waals surface area contributed by atoms with Crippen LogP contribution in [0.3, 0.4) is 0 Å². The lowest BCUT2D eigenvalue weighted by molar-refractivity contribution is 0.229. The SMILES string of the molecule is CC.Cc1nc2c(s1)CCN(CCF)C2. The maximum atomic E-state index is 12.1. The largest absolute Gasteiger partial charge is 0.295 e. The number of fused-ring (bicyclic) bond motifs is 1. The van der Waals surface area contributed by atoms with E-state index in [1.54, 1.807) is 11.3 Å². The Morgan fingerprint density at radius 3 is 2.87 bits per heavy atom. The van der Waals surface area contributed by atoms with Gasteiger partial charge in [-0.25, -0.2) is 9.37 Å². The highest BCUT2D eigenvalue weighted by Crippen LogP contribution is 2.23. The zero-order valence-electron chi connectivity index (χ0n) is 9.72. The van der Waals surface area contributed by atoms with Crippen LogP contribution in [0.1, 0.15) is 29.4 Å². The smallest absolute Gasteiger partial charge is 0.102 e. The maximum Gasteiger partial charge on any atom is 0.102 e. The molecule has 1 aliphatic rings. The molecule has 0 bridgehead atoms. The van der Waals surface area contributed by atoms with E-state index in [4.69, 9.17) is 0 Å². The van der Waals surface area contributed by atoms with Gasteiger partial charge in [0, 0.05) is 24.5 Å². The number of rotatable bonds is 2. The van der Waals surface area contributed by atoms with Crippen molar-refractivity contribution in [3.63, 3.8) is 0 Å². The Morgan fingerprint density at radius 2 is 2.20 bits per heavy atom. The van der Waals surface area contributed by atoms with Gasteiger partial charge in [-0.1, -0.05) is 13.8 Å². The normalized spacial score (nSPS) is 15.5. The lowest BCUT2D eigenvalue weighted by Gasteiger charge is -2.24. The van der Waals surface area contributed by atoms with E-state index in [-0.39, 0.29) is 6.67 Å². The van der Waals surface area contributed by atoms with E-state index in [9.17, 15) is 4.39 Å². The molecule has 4 heteroatoms. The second-order valence-electron chi connectivity index (χ2n) is 3.32. The first-order valence-electron chi connectivity index (χ1n) is 5.53. The second kappa shape index (κ2) is 6.18. The van der Waals surface area contributed by atoms with E-state index in [1.165, 1.54) is 10.6 Å². The molecular weight excluding hydrogens is 211 g/mol. The molecule has 1 aliphatic heterocycles. The van der Waals surface area contributed by atoms with Gasteiger partial charge in [-0.15, -0.1) is 11.3 Å². The standard InChI is InChI=1S/C9H13FN2S.C2H6/c1-7-11-8-6-12(5-3-10)4-2-9(8)13-7;1-2/h2-6H2,1H3;1-2H3. The minimum absolute atomic E-state index is 0.252. The highest BCUT2D eigenvalue weighted by molar-refractivity contribution is 7.11. The zero-order valence-corrected chi connectivity index (χ0v) is 10.5. The molecule has 2 rings (SSSR count). The Kier molecular flexibility index (Phi) is 5.19. The van der Waals surface area contributed by atoms with Gasteiger partial charge in [0.1, 0.15) is 6.67 Å². The van der Waals surface area contributed by atoms with Crippen LogP contribution < -0.4 is 0 Å². The second-order valence-corrected chi connectivity index (χ2v) is 4.61. The van der Waals surface area contributed by atoms with Gasteiger partial charge in [0.05, 0.1) is 10.7 Å². The van der Waals surface area contributed by atoms with Crippen LogP contribution >= 0.6 is 11.3 Å². The molecule has 0 radical (unpaired) electrons. The van der Waals surface area contributed by atoms with Crippen molar-refractivity contribution in [3.05, 3.63) is 15.6 Å². The van der Waals surface area contributed by atoms with Gasteiger partial charge in [0.2, 0.25) is 0 Å².